The lowest BCUT2D eigenvalue weighted by molar-refractivity contribution is 0.322. The molecule has 2 N–H and O–H groups in total. The number of benzene rings is 2. The van der Waals surface area contributed by atoms with E-state index in [0.29, 0.717) is 36.4 Å². The summed E-state index contributed by atoms with van der Waals surface area (Å²) < 4.78 is 11.0. The second kappa shape index (κ2) is 11.8. The van der Waals surface area contributed by atoms with Gasteiger partial charge in [-0.2, -0.15) is 0 Å². The molecule has 2 aromatic carbocycles. The first kappa shape index (κ1) is 21.4. The Labute approximate surface area is 170 Å². The smallest absolute Gasteiger partial charge is 0.191 e. The third-order valence-corrected chi connectivity index (χ3v) is 3.66. The summed E-state index contributed by atoms with van der Waals surface area (Å²) in [4.78, 5) is 4.19. The maximum absolute atomic E-state index is 6.05. The van der Waals surface area contributed by atoms with Gasteiger partial charge in [-0.3, -0.25) is 4.99 Å². The van der Waals surface area contributed by atoms with Crippen LogP contribution >= 0.6 is 35.6 Å². The van der Waals surface area contributed by atoms with Crippen molar-refractivity contribution in [3.05, 3.63) is 59.1 Å². The summed E-state index contributed by atoms with van der Waals surface area (Å²) in [6, 6.07) is 15.3. The van der Waals surface area contributed by atoms with Gasteiger partial charge in [-0.1, -0.05) is 41.9 Å². The van der Waals surface area contributed by atoms with Crippen LogP contribution in [0.1, 0.15) is 5.56 Å². The first-order valence-electron chi connectivity index (χ1n) is 7.68. The molecule has 0 heterocycles. The van der Waals surface area contributed by atoms with Gasteiger partial charge in [-0.15, -0.1) is 24.0 Å². The Balaban J connectivity index is 0.00000312. The summed E-state index contributed by atoms with van der Waals surface area (Å²) in [5.74, 6) is 2.23. The molecule has 0 aliphatic rings. The monoisotopic (exact) mass is 475 g/mol. The fraction of sp³-hybridized carbons (Fsp3) is 0.278. The van der Waals surface area contributed by atoms with Crippen LogP contribution in [0.15, 0.2) is 53.5 Å². The first-order valence-corrected chi connectivity index (χ1v) is 8.06. The van der Waals surface area contributed by atoms with Crippen molar-refractivity contribution in [1.82, 2.24) is 10.6 Å². The average molecular weight is 476 g/mol. The summed E-state index contributed by atoms with van der Waals surface area (Å²) in [6.07, 6.45) is 0. The minimum atomic E-state index is 0. The largest absolute Gasteiger partial charge is 0.496 e. The molecule has 0 bridgehead atoms. The molecular formula is C18H23ClIN3O2. The van der Waals surface area contributed by atoms with Crippen LogP contribution in [0, 0.1) is 0 Å². The summed E-state index contributed by atoms with van der Waals surface area (Å²) in [6.45, 7) is 1.71. The number of hydrogen-bond acceptors (Lipinski definition) is 3. The van der Waals surface area contributed by atoms with E-state index in [1.54, 1.807) is 20.2 Å². The zero-order valence-corrected chi connectivity index (χ0v) is 17.4. The Morgan fingerprint density at radius 1 is 1.04 bits per heavy atom. The lowest BCUT2D eigenvalue weighted by Crippen LogP contribution is -2.38. The van der Waals surface area contributed by atoms with Gasteiger partial charge < -0.3 is 20.1 Å². The van der Waals surface area contributed by atoms with Crippen LogP contribution in [0.2, 0.25) is 5.02 Å². The molecule has 0 aliphatic carbocycles. The highest BCUT2D eigenvalue weighted by molar-refractivity contribution is 14.0. The van der Waals surface area contributed by atoms with Crippen molar-refractivity contribution in [2.75, 3.05) is 27.3 Å². The highest BCUT2D eigenvalue weighted by Gasteiger charge is 2.04. The van der Waals surface area contributed by atoms with Gasteiger partial charge in [-0.25, -0.2) is 0 Å². The standard InChI is InChI=1S/C18H22ClN3O2.HI/c1-20-18(22-13-14-7-3-5-9-16(14)23-2)21-11-12-24-17-10-6-4-8-15(17)19;/h3-10H,11-13H2,1-2H3,(H2,20,21,22);1H. The number of nitrogens with one attached hydrogen (secondary N) is 2. The number of rotatable bonds is 7. The number of ether oxygens (including phenoxy) is 2. The topological polar surface area (TPSA) is 54.9 Å². The van der Waals surface area contributed by atoms with Crippen molar-refractivity contribution >= 4 is 41.5 Å². The highest BCUT2D eigenvalue weighted by atomic mass is 127. The van der Waals surface area contributed by atoms with E-state index in [2.05, 4.69) is 15.6 Å². The molecule has 0 spiro atoms. The molecule has 0 radical (unpaired) electrons. The Bertz CT molecular complexity index is 683. The van der Waals surface area contributed by atoms with Gasteiger partial charge in [0.1, 0.15) is 18.1 Å². The van der Waals surface area contributed by atoms with Crippen LogP contribution in [0.4, 0.5) is 0 Å². The van der Waals surface area contributed by atoms with Gasteiger partial charge in [0.15, 0.2) is 5.96 Å². The number of nitrogens with zero attached hydrogens (tertiary/aromatic N) is 1. The van der Waals surface area contributed by atoms with Crippen LogP contribution in [0.25, 0.3) is 0 Å². The van der Waals surface area contributed by atoms with Gasteiger partial charge in [-0.05, 0) is 18.2 Å². The van der Waals surface area contributed by atoms with Gasteiger partial charge in [0.05, 0.1) is 18.7 Å². The second-order valence-electron chi connectivity index (χ2n) is 4.94. The Kier molecular flexibility index (Phi) is 10.1. The molecule has 136 valence electrons. The number of methoxy groups -OCH3 is 1. The molecule has 0 saturated carbocycles. The van der Waals surface area contributed by atoms with E-state index in [1.165, 1.54) is 0 Å². The zero-order chi connectivity index (χ0) is 17.2. The molecule has 7 heteroatoms. The molecule has 2 aromatic rings. The van der Waals surface area contributed by atoms with Gasteiger partial charge in [0.2, 0.25) is 0 Å². The van der Waals surface area contributed by atoms with Crippen molar-refractivity contribution in [3.63, 3.8) is 0 Å². The summed E-state index contributed by atoms with van der Waals surface area (Å²) in [7, 11) is 3.39. The average Bonchev–Trinajstić information content (AvgIpc) is 2.62. The molecular weight excluding hydrogens is 453 g/mol. The van der Waals surface area contributed by atoms with Crippen LogP contribution in [0.5, 0.6) is 11.5 Å². The van der Waals surface area contributed by atoms with Crippen molar-refractivity contribution in [2.45, 2.75) is 6.54 Å². The molecule has 0 amide bonds. The lowest BCUT2D eigenvalue weighted by atomic mass is 10.2. The minimum absolute atomic E-state index is 0. The maximum atomic E-state index is 6.05. The van der Waals surface area contributed by atoms with E-state index in [4.69, 9.17) is 21.1 Å². The Hall–Kier alpha value is -1.67. The zero-order valence-electron chi connectivity index (χ0n) is 14.3. The van der Waals surface area contributed by atoms with Crippen LogP contribution in [-0.4, -0.2) is 33.3 Å². The number of para-hydroxylation sites is 2. The predicted molar refractivity (Wildman–Crippen MR) is 114 cm³/mol. The van der Waals surface area contributed by atoms with Crippen molar-refractivity contribution in [3.8, 4) is 11.5 Å². The predicted octanol–water partition coefficient (Wildman–Crippen LogP) is 3.71. The number of hydrogen-bond donors (Lipinski definition) is 2. The van der Waals surface area contributed by atoms with Crippen molar-refractivity contribution in [1.29, 1.82) is 0 Å². The summed E-state index contributed by atoms with van der Waals surface area (Å²) >= 11 is 6.05. The molecule has 0 aliphatic heterocycles. The first-order chi connectivity index (χ1) is 11.7. The molecule has 5 nitrogen and oxygen atoms in total. The van der Waals surface area contributed by atoms with Gasteiger partial charge in [0, 0.05) is 19.2 Å². The number of guanidine groups is 1. The molecule has 0 unspecified atom stereocenters. The molecule has 0 atom stereocenters. The Morgan fingerprint density at radius 2 is 1.72 bits per heavy atom. The molecule has 2 rings (SSSR count). The normalized spacial score (nSPS) is 10.6. The molecule has 25 heavy (non-hydrogen) atoms. The lowest BCUT2D eigenvalue weighted by Gasteiger charge is -2.14. The van der Waals surface area contributed by atoms with E-state index in [0.717, 1.165) is 11.3 Å². The van der Waals surface area contributed by atoms with Crippen LogP contribution < -0.4 is 20.1 Å². The van der Waals surface area contributed by atoms with Gasteiger partial charge >= 0.3 is 0 Å². The highest BCUT2D eigenvalue weighted by Crippen LogP contribution is 2.22. The van der Waals surface area contributed by atoms with Crippen molar-refractivity contribution in [2.24, 2.45) is 4.99 Å². The quantitative estimate of drug-likeness (QED) is 0.277. The minimum Gasteiger partial charge on any atom is -0.496 e. The third-order valence-electron chi connectivity index (χ3n) is 3.35. The van der Waals surface area contributed by atoms with E-state index in [9.17, 15) is 0 Å². The van der Waals surface area contributed by atoms with E-state index in [-0.39, 0.29) is 24.0 Å². The Morgan fingerprint density at radius 3 is 2.40 bits per heavy atom. The van der Waals surface area contributed by atoms with Crippen molar-refractivity contribution < 1.29 is 9.47 Å². The molecule has 0 fully saturated rings. The molecule has 0 aromatic heterocycles. The SMILES string of the molecule is CN=C(NCCOc1ccccc1Cl)NCc1ccccc1OC.I. The summed E-state index contributed by atoms with van der Waals surface area (Å²) in [5, 5.41) is 7.05. The number of halogens is 2. The second-order valence-corrected chi connectivity index (χ2v) is 5.35. The third kappa shape index (κ3) is 6.99. The summed E-state index contributed by atoms with van der Waals surface area (Å²) in [5.41, 5.74) is 1.07. The van der Waals surface area contributed by atoms with Gasteiger partial charge in [0.25, 0.3) is 0 Å². The van der Waals surface area contributed by atoms with E-state index >= 15 is 0 Å². The molecule has 0 saturated heterocycles. The number of aliphatic imine (C=N–C) groups is 1. The van der Waals surface area contributed by atoms with Crippen LogP contribution in [0.3, 0.4) is 0 Å². The fourth-order valence-corrected chi connectivity index (χ4v) is 2.33. The van der Waals surface area contributed by atoms with Crippen LogP contribution in [-0.2, 0) is 6.54 Å². The fourth-order valence-electron chi connectivity index (χ4n) is 2.14. The maximum Gasteiger partial charge on any atom is 0.191 e. The van der Waals surface area contributed by atoms with E-state index < -0.39 is 0 Å². The van der Waals surface area contributed by atoms with E-state index in [1.807, 2.05) is 42.5 Å².